The molecule has 0 saturated heterocycles. The number of ether oxygens (including phenoxy) is 1. The standard InChI is InChI=1S/C27H36B3FN8O4/c1-4-5-6-9-32-25(41)20-12-17(38-39(20)2)16-10-15(31)11-19(23(16)43-3)33-18-13-21(34-24(40)14-7-8-14)36-37-22(18)26(42)35-27(28,29)30/h10-14H,4-9,28-30H2,1-3H3,(H,32,41)(H,35,42)(H2,33,34,36,40). The van der Waals surface area contributed by atoms with Gasteiger partial charge in [0.15, 0.2) is 17.3 Å². The van der Waals surface area contributed by atoms with Crippen LogP contribution in [0.1, 0.15) is 60.0 Å². The minimum absolute atomic E-state index is 0.0629. The Morgan fingerprint density at radius 2 is 1.81 bits per heavy atom. The van der Waals surface area contributed by atoms with Crippen molar-refractivity contribution in [3.63, 3.8) is 0 Å². The fourth-order valence-electron chi connectivity index (χ4n) is 4.41. The van der Waals surface area contributed by atoms with E-state index >= 15 is 4.39 Å². The van der Waals surface area contributed by atoms with Gasteiger partial charge in [-0.3, -0.25) is 19.1 Å². The first kappa shape index (κ1) is 31.6. The van der Waals surface area contributed by atoms with Crippen LogP contribution in [0.5, 0.6) is 5.75 Å². The van der Waals surface area contributed by atoms with Crippen molar-refractivity contribution in [2.24, 2.45) is 13.0 Å². The van der Waals surface area contributed by atoms with E-state index in [-0.39, 0.29) is 51.9 Å². The van der Waals surface area contributed by atoms with E-state index in [0.717, 1.165) is 32.1 Å². The lowest BCUT2D eigenvalue weighted by molar-refractivity contribution is -0.117. The van der Waals surface area contributed by atoms with Crippen molar-refractivity contribution in [2.75, 3.05) is 24.3 Å². The van der Waals surface area contributed by atoms with Gasteiger partial charge in [0, 0.05) is 37.2 Å². The van der Waals surface area contributed by atoms with Crippen molar-refractivity contribution >= 4 is 58.5 Å². The zero-order valence-corrected chi connectivity index (χ0v) is 25.4. The van der Waals surface area contributed by atoms with E-state index in [1.807, 2.05) is 23.5 Å². The number of hydrogen-bond donors (Lipinski definition) is 4. The monoisotopic (exact) mass is 588 g/mol. The summed E-state index contributed by atoms with van der Waals surface area (Å²) in [5, 5.41) is 23.5. The number of nitrogens with one attached hydrogen (secondary N) is 4. The van der Waals surface area contributed by atoms with Crippen LogP contribution >= 0.6 is 0 Å². The minimum atomic E-state index is -0.612. The average Bonchev–Trinajstić information content (AvgIpc) is 3.71. The fraction of sp³-hybridized carbons (Fsp3) is 0.407. The third kappa shape index (κ3) is 8.14. The molecule has 16 heteroatoms. The van der Waals surface area contributed by atoms with Crippen LogP contribution in [-0.2, 0) is 11.8 Å². The van der Waals surface area contributed by atoms with Crippen LogP contribution < -0.4 is 26.0 Å². The first-order valence-corrected chi connectivity index (χ1v) is 14.4. The highest BCUT2D eigenvalue weighted by atomic mass is 19.1. The quantitative estimate of drug-likeness (QED) is 0.164. The molecule has 0 bridgehead atoms. The summed E-state index contributed by atoms with van der Waals surface area (Å²) < 4.78 is 22.2. The molecule has 0 spiro atoms. The molecule has 224 valence electrons. The molecule has 43 heavy (non-hydrogen) atoms. The largest absolute Gasteiger partial charge is 0.494 e. The van der Waals surface area contributed by atoms with E-state index in [1.54, 1.807) is 13.1 Å². The van der Waals surface area contributed by atoms with Gasteiger partial charge in [0.1, 0.15) is 35.0 Å². The lowest BCUT2D eigenvalue weighted by atomic mass is 9.49. The second kappa shape index (κ2) is 13.3. The Labute approximate surface area is 252 Å². The molecule has 0 unspecified atom stereocenters. The number of methoxy groups -OCH3 is 1. The van der Waals surface area contributed by atoms with Gasteiger partial charge in [0.05, 0.1) is 24.2 Å². The number of anilines is 3. The second-order valence-corrected chi connectivity index (χ2v) is 11.6. The SMILES string of the molecule is BC(B)(B)NC(=O)c1nnc(NC(=O)C2CC2)cc1Nc1cc(F)cc(-c2cc(C(=O)NCCCCC)n(C)n2)c1OC. The zero-order valence-electron chi connectivity index (χ0n) is 25.4. The highest BCUT2D eigenvalue weighted by molar-refractivity contribution is 6.60. The van der Waals surface area contributed by atoms with Gasteiger partial charge in [-0.2, -0.15) is 5.10 Å². The lowest BCUT2D eigenvalue weighted by Crippen LogP contribution is -2.50. The summed E-state index contributed by atoms with van der Waals surface area (Å²) in [6.07, 6.45) is 4.51. The summed E-state index contributed by atoms with van der Waals surface area (Å²) >= 11 is 0. The highest BCUT2D eigenvalue weighted by Gasteiger charge is 2.30. The van der Waals surface area contributed by atoms with Crippen molar-refractivity contribution < 1.29 is 23.5 Å². The normalized spacial score (nSPS) is 12.8. The van der Waals surface area contributed by atoms with E-state index in [0.29, 0.717) is 17.9 Å². The highest BCUT2D eigenvalue weighted by Crippen LogP contribution is 2.39. The van der Waals surface area contributed by atoms with Crippen molar-refractivity contribution in [3.05, 3.63) is 41.5 Å². The number of hydrogen-bond acceptors (Lipinski definition) is 8. The van der Waals surface area contributed by atoms with Crippen molar-refractivity contribution in [1.29, 1.82) is 0 Å². The molecule has 3 aromatic rings. The zero-order chi connectivity index (χ0) is 31.3. The molecule has 2 aromatic heterocycles. The van der Waals surface area contributed by atoms with Crippen molar-refractivity contribution in [1.82, 2.24) is 30.6 Å². The summed E-state index contributed by atoms with van der Waals surface area (Å²) in [6.45, 7) is 2.63. The van der Waals surface area contributed by atoms with Gasteiger partial charge < -0.3 is 26.0 Å². The molecule has 0 aliphatic heterocycles. The first-order chi connectivity index (χ1) is 20.4. The summed E-state index contributed by atoms with van der Waals surface area (Å²) in [4.78, 5) is 38.3. The third-order valence-electron chi connectivity index (χ3n) is 6.68. The number of amides is 3. The second-order valence-electron chi connectivity index (χ2n) is 11.6. The van der Waals surface area contributed by atoms with Crippen LogP contribution in [0.2, 0.25) is 0 Å². The lowest BCUT2D eigenvalue weighted by Gasteiger charge is -2.22. The Hall–Kier alpha value is -4.36. The van der Waals surface area contributed by atoms with E-state index in [2.05, 4.69) is 43.5 Å². The number of aromatic nitrogens is 4. The van der Waals surface area contributed by atoms with Crippen molar-refractivity contribution in [3.8, 4) is 17.0 Å². The average molecular weight is 588 g/mol. The van der Waals surface area contributed by atoms with Crippen LogP contribution in [0.15, 0.2) is 24.3 Å². The maximum Gasteiger partial charge on any atom is 0.272 e. The Morgan fingerprint density at radius 3 is 2.47 bits per heavy atom. The van der Waals surface area contributed by atoms with Crippen molar-refractivity contribution in [2.45, 2.75) is 44.3 Å². The number of benzene rings is 1. The third-order valence-corrected chi connectivity index (χ3v) is 6.68. The molecule has 12 nitrogen and oxygen atoms in total. The molecule has 4 rings (SSSR count). The molecule has 1 fully saturated rings. The Balaban J connectivity index is 1.70. The molecule has 2 heterocycles. The predicted molar refractivity (Wildman–Crippen MR) is 170 cm³/mol. The molecule has 1 aromatic carbocycles. The summed E-state index contributed by atoms with van der Waals surface area (Å²) in [5.74, 6) is -1.31. The van der Waals surface area contributed by atoms with Crippen LogP contribution in [-0.4, -0.2) is 80.1 Å². The molecule has 3 amide bonds. The molecule has 1 aliphatic carbocycles. The van der Waals surface area contributed by atoms with Gasteiger partial charge >= 0.3 is 0 Å². The van der Waals surface area contributed by atoms with Gasteiger partial charge in [0.25, 0.3) is 11.8 Å². The number of nitrogens with zero attached hydrogens (tertiary/aromatic N) is 4. The summed E-state index contributed by atoms with van der Waals surface area (Å²) in [5.41, 5.74) is 1.19. The van der Waals surface area contributed by atoms with E-state index in [9.17, 15) is 14.4 Å². The number of unbranched alkanes of at least 4 members (excludes halogenated alkanes) is 2. The van der Waals surface area contributed by atoms with Gasteiger partial charge in [-0.25, -0.2) is 4.39 Å². The van der Waals surface area contributed by atoms with Gasteiger partial charge in [-0.05, 0) is 36.6 Å². The fourth-order valence-corrected chi connectivity index (χ4v) is 4.41. The Bertz CT molecular complexity index is 1520. The maximum absolute atomic E-state index is 15.1. The Kier molecular flexibility index (Phi) is 9.77. The van der Waals surface area contributed by atoms with Crippen LogP contribution in [0.4, 0.5) is 21.6 Å². The summed E-state index contributed by atoms with van der Waals surface area (Å²) in [6, 6.07) is 5.50. The van der Waals surface area contributed by atoms with Crippen LogP contribution in [0.3, 0.4) is 0 Å². The van der Waals surface area contributed by atoms with Gasteiger partial charge in [-0.15, -0.1) is 10.2 Å². The smallest absolute Gasteiger partial charge is 0.272 e. The topological polar surface area (TPSA) is 152 Å². The number of halogens is 1. The number of carbonyl (C=O) groups excluding carboxylic acids is 3. The number of rotatable bonds is 13. The molecular weight excluding hydrogens is 552 g/mol. The number of carbonyl (C=O) groups is 3. The van der Waals surface area contributed by atoms with E-state index in [1.165, 1.54) is 30.0 Å². The molecular formula is C27H36B3FN8O4. The van der Waals surface area contributed by atoms with Gasteiger partial charge in [0.2, 0.25) is 5.91 Å². The first-order valence-electron chi connectivity index (χ1n) is 14.4. The Morgan fingerprint density at radius 1 is 1.07 bits per heavy atom. The van der Waals surface area contributed by atoms with Crippen LogP contribution in [0, 0.1) is 11.7 Å². The van der Waals surface area contributed by atoms with Crippen LogP contribution in [0.25, 0.3) is 11.3 Å². The van der Waals surface area contributed by atoms with E-state index in [4.69, 9.17) is 4.74 Å². The minimum Gasteiger partial charge on any atom is -0.494 e. The predicted octanol–water partition coefficient (Wildman–Crippen LogP) is 0.277. The maximum atomic E-state index is 15.1. The molecule has 1 saturated carbocycles. The molecule has 0 atom stereocenters. The number of aryl methyl sites for hydroxylation is 1. The molecule has 1 aliphatic rings. The molecule has 0 radical (unpaired) electrons. The van der Waals surface area contributed by atoms with Gasteiger partial charge in [-0.1, -0.05) is 19.8 Å². The summed E-state index contributed by atoms with van der Waals surface area (Å²) in [7, 11) is 8.53. The molecule has 4 N–H and O–H groups in total. The van der Waals surface area contributed by atoms with E-state index < -0.39 is 17.0 Å².